The Morgan fingerprint density at radius 3 is 2.67 bits per heavy atom. The second kappa shape index (κ2) is 6.60. The van der Waals surface area contributed by atoms with Gasteiger partial charge in [0.05, 0.1) is 17.2 Å². The van der Waals surface area contributed by atoms with E-state index in [2.05, 4.69) is 18.9 Å². The van der Waals surface area contributed by atoms with Gasteiger partial charge in [0.25, 0.3) is 0 Å². The predicted molar refractivity (Wildman–Crippen MR) is 82.0 cm³/mol. The summed E-state index contributed by atoms with van der Waals surface area (Å²) in [6.45, 7) is 4.46. The van der Waals surface area contributed by atoms with Crippen LogP contribution in [0.5, 0.6) is 0 Å². The molecule has 1 fully saturated rings. The third-order valence-electron chi connectivity index (χ3n) is 4.72. The summed E-state index contributed by atoms with van der Waals surface area (Å²) in [5, 5.41) is 14.2. The maximum atomic E-state index is 11.8. The number of nitrogens with zero attached hydrogens (tertiary/aromatic N) is 2. The first-order chi connectivity index (χ1) is 10.0. The van der Waals surface area contributed by atoms with Crippen molar-refractivity contribution in [1.29, 1.82) is 0 Å². The zero-order valence-electron chi connectivity index (χ0n) is 13.1. The predicted octanol–water partition coefficient (Wildman–Crippen LogP) is 2.62. The standard InChI is InChI=1S/C16H27N3O2/c1-3-14(4-2)19-8-7-13(18-19)10-16(11-17,15(20)21)9-12-5-6-12/h7-8,12,14H,3-6,9-11,17H2,1-2H3,(H,20,21). The molecule has 3 N–H and O–H groups in total. The second-order valence-electron chi connectivity index (χ2n) is 6.37. The fourth-order valence-corrected chi connectivity index (χ4v) is 3.04. The van der Waals surface area contributed by atoms with Gasteiger partial charge in [-0.3, -0.25) is 9.48 Å². The van der Waals surface area contributed by atoms with Crippen LogP contribution in [0.1, 0.15) is 57.7 Å². The van der Waals surface area contributed by atoms with Crippen LogP contribution in [-0.4, -0.2) is 27.4 Å². The lowest BCUT2D eigenvalue weighted by atomic mass is 9.78. The third-order valence-corrected chi connectivity index (χ3v) is 4.72. The molecule has 1 unspecified atom stereocenters. The van der Waals surface area contributed by atoms with E-state index >= 15 is 0 Å². The molecule has 1 aromatic rings. The highest BCUT2D eigenvalue weighted by Crippen LogP contribution is 2.41. The normalized spacial score (nSPS) is 17.9. The smallest absolute Gasteiger partial charge is 0.311 e. The highest BCUT2D eigenvalue weighted by Gasteiger charge is 2.42. The maximum Gasteiger partial charge on any atom is 0.311 e. The van der Waals surface area contributed by atoms with Crippen molar-refractivity contribution in [2.75, 3.05) is 6.54 Å². The van der Waals surface area contributed by atoms with Gasteiger partial charge in [-0.05, 0) is 31.2 Å². The quantitative estimate of drug-likeness (QED) is 0.733. The molecule has 0 radical (unpaired) electrons. The van der Waals surface area contributed by atoms with E-state index in [1.165, 1.54) is 0 Å². The molecule has 0 amide bonds. The molecule has 5 heteroatoms. The van der Waals surface area contributed by atoms with Gasteiger partial charge in [0, 0.05) is 19.2 Å². The number of carboxylic acids is 1. The summed E-state index contributed by atoms with van der Waals surface area (Å²) in [6, 6.07) is 2.33. The van der Waals surface area contributed by atoms with E-state index in [0.29, 0.717) is 24.8 Å². The Balaban J connectivity index is 2.14. The molecule has 5 nitrogen and oxygen atoms in total. The molecule has 0 saturated heterocycles. The van der Waals surface area contributed by atoms with Crippen LogP contribution in [0.3, 0.4) is 0 Å². The van der Waals surface area contributed by atoms with E-state index in [1.807, 2.05) is 16.9 Å². The number of nitrogens with two attached hydrogens (primary N) is 1. The molecule has 118 valence electrons. The van der Waals surface area contributed by atoms with Gasteiger partial charge in [0.15, 0.2) is 0 Å². The number of aromatic nitrogens is 2. The van der Waals surface area contributed by atoms with Crippen molar-refractivity contribution in [2.24, 2.45) is 17.1 Å². The second-order valence-corrected chi connectivity index (χ2v) is 6.37. The van der Waals surface area contributed by atoms with E-state index in [9.17, 15) is 9.90 Å². The van der Waals surface area contributed by atoms with Gasteiger partial charge in [-0.2, -0.15) is 5.10 Å². The van der Waals surface area contributed by atoms with Crippen LogP contribution in [0.2, 0.25) is 0 Å². The van der Waals surface area contributed by atoms with Crippen LogP contribution in [-0.2, 0) is 11.2 Å². The van der Waals surface area contributed by atoms with Crippen molar-refractivity contribution in [2.45, 2.75) is 58.4 Å². The zero-order chi connectivity index (χ0) is 15.5. The molecule has 0 aliphatic heterocycles. The lowest BCUT2D eigenvalue weighted by molar-refractivity contribution is -0.149. The van der Waals surface area contributed by atoms with E-state index in [-0.39, 0.29) is 6.54 Å². The van der Waals surface area contributed by atoms with Crippen molar-refractivity contribution in [3.63, 3.8) is 0 Å². The molecule has 1 atom stereocenters. The first-order valence-electron chi connectivity index (χ1n) is 8.02. The maximum absolute atomic E-state index is 11.8. The molecule has 1 heterocycles. The van der Waals surface area contributed by atoms with Crippen LogP contribution in [0.15, 0.2) is 12.3 Å². The molecule has 0 spiro atoms. The Morgan fingerprint density at radius 1 is 1.52 bits per heavy atom. The zero-order valence-corrected chi connectivity index (χ0v) is 13.1. The van der Waals surface area contributed by atoms with Gasteiger partial charge < -0.3 is 10.8 Å². The number of rotatable bonds is 9. The fourth-order valence-electron chi connectivity index (χ4n) is 3.04. The molecule has 21 heavy (non-hydrogen) atoms. The van der Waals surface area contributed by atoms with Gasteiger partial charge in [0.1, 0.15) is 0 Å². The van der Waals surface area contributed by atoms with Gasteiger partial charge in [-0.1, -0.05) is 26.7 Å². The minimum absolute atomic E-state index is 0.177. The van der Waals surface area contributed by atoms with Crippen LogP contribution < -0.4 is 5.73 Å². The third kappa shape index (κ3) is 3.64. The first-order valence-corrected chi connectivity index (χ1v) is 8.02. The summed E-state index contributed by atoms with van der Waals surface area (Å²) in [5.74, 6) is -0.250. The van der Waals surface area contributed by atoms with Crippen LogP contribution in [0.4, 0.5) is 0 Å². The van der Waals surface area contributed by atoms with Crippen molar-refractivity contribution < 1.29 is 9.90 Å². The Morgan fingerprint density at radius 2 is 2.19 bits per heavy atom. The minimum Gasteiger partial charge on any atom is -0.481 e. The van der Waals surface area contributed by atoms with E-state index in [4.69, 9.17) is 5.73 Å². The minimum atomic E-state index is -0.853. The van der Waals surface area contributed by atoms with Crippen LogP contribution >= 0.6 is 0 Å². The summed E-state index contributed by atoms with van der Waals surface area (Å²) in [4.78, 5) is 11.8. The van der Waals surface area contributed by atoms with Crippen molar-refractivity contribution >= 4 is 5.97 Å². The van der Waals surface area contributed by atoms with Crippen molar-refractivity contribution in [1.82, 2.24) is 9.78 Å². The Kier molecular flexibility index (Phi) is 5.04. The number of carboxylic acid groups (broad SMARTS) is 1. The van der Waals surface area contributed by atoms with E-state index < -0.39 is 11.4 Å². The SMILES string of the molecule is CCC(CC)n1ccc(CC(CN)(CC2CC2)C(=O)O)n1. The largest absolute Gasteiger partial charge is 0.481 e. The summed E-state index contributed by atoms with van der Waals surface area (Å²) < 4.78 is 1.97. The molecule has 1 aliphatic rings. The van der Waals surface area contributed by atoms with Crippen molar-refractivity contribution in [3.05, 3.63) is 18.0 Å². The van der Waals surface area contributed by atoms with Gasteiger partial charge in [-0.15, -0.1) is 0 Å². The van der Waals surface area contributed by atoms with Crippen LogP contribution in [0, 0.1) is 11.3 Å². The van der Waals surface area contributed by atoms with Crippen LogP contribution in [0.25, 0.3) is 0 Å². The molecule has 1 saturated carbocycles. The highest BCUT2D eigenvalue weighted by atomic mass is 16.4. The number of aliphatic carboxylic acids is 1. The Bertz CT molecular complexity index is 478. The summed E-state index contributed by atoms with van der Waals surface area (Å²) in [5.41, 5.74) is 5.83. The van der Waals surface area contributed by atoms with Gasteiger partial charge in [0.2, 0.25) is 0 Å². The number of hydrogen-bond donors (Lipinski definition) is 2. The molecule has 2 rings (SSSR count). The van der Waals surface area contributed by atoms with Gasteiger partial charge >= 0.3 is 5.97 Å². The average Bonchev–Trinajstić information content (AvgIpc) is 3.17. The molecule has 1 aliphatic carbocycles. The molecular weight excluding hydrogens is 266 g/mol. The monoisotopic (exact) mass is 293 g/mol. The lowest BCUT2D eigenvalue weighted by Gasteiger charge is -2.27. The Labute approximate surface area is 126 Å². The van der Waals surface area contributed by atoms with Crippen molar-refractivity contribution in [3.8, 4) is 0 Å². The first kappa shape index (κ1) is 16.0. The molecular formula is C16H27N3O2. The fraction of sp³-hybridized carbons (Fsp3) is 0.750. The highest BCUT2D eigenvalue weighted by molar-refractivity contribution is 5.75. The lowest BCUT2D eigenvalue weighted by Crippen LogP contribution is -2.41. The summed E-state index contributed by atoms with van der Waals surface area (Å²) in [7, 11) is 0. The molecule has 0 aromatic carbocycles. The summed E-state index contributed by atoms with van der Waals surface area (Å²) >= 11 is 0. The van der Waals surface area contributed by atoms with E-state index in [0.717, 1.165) is 31.4 Å². The number of hydrogen-bond acceptors (Lipinski definition) is 3. The van der Waals surface area contributed by atoms with E-state index in [1.54, 1.807) is 0 Å². The molecule has 0 bridgehead atoms. The topological polar surface area (TPSA) is 81.1 Å². The molecule has 1 aromatic heterocycles. The summed E-state index contributed by atoms with van der Waals surface area (Å²) in [6.07, 6.45) is 7.40. The van der Waals surface area contributed by atoms with Gasteiger partial charge in [-0.25, -0.2) is 0 Å². The average molecular weight is 293 g/mol. The Hall–Kier alpha value is -1.36. The number of carbonyl (C=O) groups is 1.